The number of benzene rings is 1. The molecule has 1 aliphatic heterocycles. The molecule has 3 aromatic rings. The lowest BCUT2D eigenvalue weighted by Crippen LogP contribution is -2.31. The van der Waals surface area contributed by atoms with Crippen LogP contribution < -0.4 is 11.1 Å². The zero-order chi connectivity index (χ0) is 18.1. The van der Waals surface area contributed by atoms with Crippen LogP contribution in [0, 0.1) is 6.92 Å². The number of fused-ring (bicyclic) bond motifs is 1. The van der Waals surface area contributed by atoms with Crippen LogP contribution in [0.3, 0.4) is 0 Å². The van der Waals surface area contributed by atoms with E-state index < -0.39 is 0 Å². The Kier molecular flexibility index (Phi) is 3.96. The summed E-state index contributed by atoms with van der Waals surface area (Å²) in [7, 11) is 0. The summed E-state index contributed by atoms with van der Waals surface area (Å²) >= 11 is 0. The Hall–Kier alpha value is -3.48. The van der Waals surface area contributed by atoms with Crippen molar-refractivity contribution in [2.75, 3.05) is 11.1 Å². The van der Waals surface area contributed by atoms with E-state index in [0.29, 0.717) is 24.6 Å². The van der Waals surface area contributed by atoms with Gasteiger partial charge in [0.15, 0.2) is 5.82 Å². The molecule has 0 saturated carbocycles. The lowest BCUT2D eigenvalue weighted by molar-refractivity contribution is 0.212. The predicted molar refractivity (Wildman–Crippen MR) is 99.1 cm³/mol. The van der Waals surface area contributed by atoms with Gasteiger partial charge in [-0.3, -0.25) is 5.32 Å². The van der Waals surface area contributed by atoms with Crippen molar-refractivity contribution in [3.8, 4) is 11.3 Å². The highest BCUT2D eigenvalue weighted by atomic mass is 16.2. The van der Waals surface area contributed by atoms with Gasteiger partial charge < -0.3 is 10.6 Å². The van der Waals surface area contributed by atoms with Gasteiger partial charge in [0.1, 0.15) is 6.33 Å². The van der Waals surface area contributed by atoms with Gasteiger partial charge in [-0.25, -0.2) is 19.7 Å². The van der Waals surface area contributed by atoms with Crippen molar-refractivity contribution < 1.29 is 4.79 Å². The quantitative estimate of drug-likeness (QED) is 0.743. The van der Waals surface area contributed by atoms with Crippen LogP contribution in [0.5, 0.6) is 0 Å². The molecule has 0 bridgehead atoms. The number of nitrogen functional groups attached to an aromatic ring is 1. The van der Waals surface area contributed by atoms with Gasteiger partial charge in [0.05, 0.1) is 30.2 Å². The van der Waals surface area contributed by atoms with E-state index in [1.807, 2.05) is 37.3 Å². The molecule has 0 spiro atoms. The molecule has 1 aliphatic rings. The van der Waals surface area contributed by atoms with Crippen LogP contribution in [-0.2, 0) is 13.1 Å². The molecule has 2 aromatic heterocycles. The smallest absolute Gasteiger partial charge is 0.323 e. The fourth-order valence-electron chi connectivity index (χ4n) is 2.88. The molecule has 0 unspecified atom stereocenters. The van der Waals surface area contributed by atoms with Gasteiger partial charge >= 0.3 is 6.03 Å². The minimum Gasteiger partial charge on any atom is -0.396 e. The Morgan fingerprint density at radius 3 is 2.73 bits per heavy atom. The molecule has 1 aromatic carbocycles. The van der Waals surface area contributed by atoms with Crippen LogP contribution in [0.15, 0.2) is 48.9 Å². The van der Waals surface area contributed by atoms with Crippen molar-refractivity contribution in [1.82, 2.24) is 19.9 Å². The highest BCUT2D eigenvalue weighted by Gasteiger charge is 2.25. The van der Waals surface area contributed by atoms with E-state index in [1.54, 1.807) is 17.2 Å². The lowest BCUT2D eigenvalue weighted by Gasteiger charge is -2.17. The maximum absolute atomic E-state index is 12.6. The molecule has 3 N–H and O–H groups in total. The van der Waals surface area contributed by atoms with Gasteiger partial charge in [-0.1, -0.05) is 29.8 Å². The number of anilines is 2. The second-order valence-corrected chi connectivity index (χ2v) is 6.28. The van der Waals surface area contributed by atoms with Gasteiger partial charge in [0, 0.05) is 17.3 Å². The summed E-state index contributed by atoms with van der Waals surface area (Å²) in [5.41, 5.74) is 11.1. The first kappa shape index (κ1) is 16.0. The van der Waals surface area contributed by atoms with Gasteiger partial charge in [-0.15, -0.1) is 0 Å². The summed E-state index contributed by atoms with van der Waals surface area (Å²) in [4.78, 5) is 27.0. The van der Waals surface area contributed by atoms with Crippen LogP contribution in [-0.4, -0.2) is 25.9 Å². The number of urea groups is 1. The van der Waals surface area contributed by atoms with Gasteiger partial charge in [0.2, 0.25) is 0 Å². The third kappa shape index (κ3) is 3.06. The number of pyridine rings is 1. The third-order valence-electron chi connectivity index (χ3n) is 4.37. The molecule has 7 heteroatoms. The highest BCUT2D eigenvalue weighted by Crippen LogP contribution is 2.25. The van der Waals surface area contributed by atoms with Gasteiger partial charge in [-0.05, 0) is 19.1 Å². The largest absolute Gasteiger partial charge is 0.396 e. The van der Waals surface area contributed by atoms with Crippen molar-refractivity contribution in [1.29, 1.82) is 0 Å². The molecule has 4 rings (SSSR count). The van der Waals surface area contributed by atoms with Crippen LogP contribution in [0.2, 0.25) is 0 Å². The average molecular weight is 346 g/mol. The number of nitrogens with one attached hydrogen (secondary N) is 1. The number of hydrogen-bond donors (Lipinski definition) is 2. The molecule has 0 fully saturated rings. The molecule has 26 heavy (non-hydrogen) atoms. The standard InChI is InChI=1S/C19H18N6O/c1-12-2-4-13(5-3-12)16-7-6-15(20)18(23-16)24-19(26)25-9-14-8-21-11-22-17(14)10-25/h2-8,11H,9-10,20H2,1H3,(H,23,24,26). The molecular formula is C19H18N6O. The van der Waals surface area contributed by atoms with E-state index in [4.69, 9.17) is 5.73 Å². The van der Waals surface area contributed by atoms with Crippen molar-refractivity contribution in [3.05, 3.63) is 65.7 Å². The van der Waals surface area contributed by atoms with E-state index in [2.05, 4.69) is 20.3 Å². The van der Waals surface area contributed by atoms with Crippen LogP contribution in [0.25, 0.3) is 11.3 Å². The van der Waals surface area contributed by atoms with E-state index in [1.165, 1.54) is 11.9 Å². The fourth-order valence-corrected chi connectivity index (χ4v) is 2.88. The third-order valence-corrected chi connectivity index (χ3v) is 4.37. The maximum atomic E-state index is 12.6. The topological polar surface area (TPSA) is 97.0 Å². The number of nitrogens with two attached hydrogens (primary N) is 1. The minimum absolute atomic E-state index is 0.261. The number of rotatable bonds is 2. The zero-order valence-corrected chi connectivity index (χ0v) is 14.3. The Balaban J connectivity index is 1.54. The minimum atomic E-state index is -0.261. The molecule has 0 aliphatic carbocycles. The Bertz CT molecular complexity index is 945. The van der Waals surface area contributed by atoms with Gasteiger partial charge in [-0.2, -0.15) is 0 Å². The average Bonchev–Trinajstić information content (AvgIpc) is 3.09. The first-order chi connectivity index (χ1) is 12.6. The Morgan fingerprint density at radius 2 is 1.96 bits per heavy atom. The monoisotopic (exact) mass is 346 g/mol. The van der Waals surface area contributed by atoms with Crippen LogP contribution in [0.1, 0.15) is 16.8 Å². The van der Waals surface area contributed by atoms with Crippen LogP contribution in [0.4, 0.5) is 16.3 Å². The molecule has 0 radical (unpaired) electrons. The first-order valence-electron chi connectivity index (χ1n) is 8.27. The van der Waals surface area contributed by atoms with Gasteiger partial charge in [0.25, 0.3) is 0 Å². The van der Waals surface area contributed by atoms with E-state index in [-0.39, 0.29) is 6.03 Å². The number of carbonyl (C=O) groups is 1. The summed E-state index contributed by atoms with van der Waals surface area (Å²) in [6.45, 7) is 2.95. The number of carbonyl (C=O) groups excluding carboxylic acids is 1. The molecule has 0 atom stereocenters. The van der Waals surface area contributed by atoms with Crippen molar-refractivity contribution >= 4 is 17.5 Å². The van der Waals surface area contributed by atoms with Crippen molar-refractivity contribution in [2.45, 2.75) is 20.0 Å². The lowest BCUT2D eigenvalue weighted by atomic mass is 10.1. The number of aromatic nitrogens is 3. The van der Waals surface area contributed by atoms with E-state index in [0.717, 1.165) is 22.5 Å². The van der Waals surface area contributed by atoms with Crippen molar-refractivity contribution in [2.24, 2.45) is 0 Å². The molecular weight excluding hydrogens is 328 g/mol. The normalized spacial score (nSPS) is 12.7. The van der Waals surface area contributed by atoms with E-state index >= 15 is 0 Å². The molecule has 130 valence electrons. The SMILES string of the molecule is Cc1ccc(-c2ccc(N)c(NC(=O)N3Cc4cncnc4C3)n2)cc1. The first-order valence-corrected chi connectivity index (χ1v) is 8.27. The second-order valence-electron chi connectivity index (χ2n) is 6.28. The summed E-state index contributed by atoms with van der Waals surface area (Å²) in [6.07, 6.45) is 3.23. The summed E-state index contributed by atoms with van der Waals surface area (Å²) in [5, 5.41) is 2.81. The second kappa shape index (κ2) is 6.44. The number of hydrogen-bond acceptors (Lipinski definition) is 5. The Morgan fingerprint density at radius 1 is 1.15 bits per heavy atom. The zero-order valence-electron chi connectivity index (χ0n) is 14.3. The molecule has 2 amide bonds. The predicted octanol–water partition coefficient (Wildman–Crippen LogP) is 2.98. The number of amides is 2. The van der Waals surface area contributed by atoms with Crippen LogP contribution >= 0.6 is 0 Å². The Labute approximate surface area is 150 Å². The number of aryl methyl sites for hydroxylation is 1. The highest BCUT2D eigenvalue weighted by molar-refractivity contribution is 5.92. The maximum Gasteiger partial charge on any atom is 0.323 e. The fraction of sp³-hybridized carbons (Fsp3) is 0.158. The molecule has 3 heterocycles. The number of nitrogens with zero attached hydrogens (tertiary/aromatic N) is 4. The van der Waals surface area contributed by atoms with Crippen molar-refractivity contribution in [3.63, 3.8) is 0 Å². The summed E-state index contributed by atoms with van der Waals surface area (Å²) in [5.74, 6) is 0.357. The summed E-state index contributed by atoms with van der Waals surface area (Å²) in [6, 6.07) is 11.4. The van der Waals surface area contributed by atoms with E-state index in [9.17, 15) is 4.79 Å². The molecule has 0 saturated heterocycles. The molecule has 7 nitrogen and oxygen atoms in total. The summed E-state index contributed by atoms with van der Waals surface area (Å²) < 4.78 is 0.